The van der Waals surface area contributed by atoms with E-state index in [9.17, 15) is 19.5 Å². The Morgan fingerprint density at radius 1 is 0.370 bits per heavy atom. The van der Waals surface area contributed by atoms with Crippen LogP contribution in [0.4, 0.5) is 0 Å². The average molecular weight is 1120 g/mol. The van der Waals surface area contributed by atoms with Crippen molar-refractivity contribution in [3.05, 3.63) is 182 Å². The molecule has 1 N–H and O–H groups in total. The number of aliphatic carboxylic acids is 1. The summed E-state index contributed by atoms with van der Waals surface area (Å²) in [5.41, 5.74) is 0. The van der Waals surface area contributed by atoms with Crippen molar-refractivity contribution in [3.8, 4) is 0 Å². The van der Waals surface area contributed by atoms with Gasteiger partial charge in [0, 0.05) is 12.8 Å². The van der Waals surface area contributed by atoms with Gasteiger partial charge in [0.2, 0.25) is 0 Å². The topological polar surface area (TPSA) is 108 Å². The van der Waals surface area contributed by atoms with Crippen LogP contribution in [0, 0.1) is 0 Å². The molecule has 0 heterocycles. The van der Waals surface area contributed by atoms with Crippen LogP contribution in [0.15, 0.2) is 182 Å². The highest BCUT2D eigenvalue weighted by atomic mass is 16.7. The summed E-state index contributed by atoms with van der Waals surface area (Å²) >= 11 is 0. The van der Waals surface area contributed by atoms with Crippen LogP contribution in [0.2, 0.25) is 0 Å². The summed E-state index contributed by atoms with van der Waals surface area (Å²) in [6.45, 7) is 4.55. The van der Waals surface area contributed by atoms with Gasteiger partial charge in [-0.1, -0.05) is 228 Å². The first-order valence-corrected chi connectivity index (χ1v) is 30.9. The minimum absolute atomic E-state index is 0.167. The predicted molar refractivity (Wildman–Crippen MR) is 345 cm³/mol. The van der Waals surface area contributed by atoms with Gasteiger partial charge >= 0.3 is 17.9 Å². The van der Waals surface area contributed by atoms with E-state index >= 15 is 0 Å². The second kappa shape index (κ2) is 60.5. The quantitative estimate of drug-likeness (QED) is 0.0211. The number of rotatable bonds is 54. The number of carbonyl (C=O) groups is 3. The van der Waals surface area contributed by atoms with Crippen LogP contribution in [0.1, 0.15) is 194 Å². The average Bonchev–Trinajstić information content (AvgIpc) is 3.44. The van der Waals surface area contributed by atoms with Crippen molar-refractivity contribution >= 4 is 17.9 Å². The summed E-state index contributed by atoms with van der Waals surface area (Å²) in [6.07, 6.45) is 89.7. The molecule has 9 nitrogen and oxygen atoms in total. The molecule has 0 aliphatic heterocycles. The molecule has 0 aliphatic carbocycles. The molecule has 0 aromatic rings. The fraction of sp³-hybridized carbons (Fsp3) is 0.542. The van der Waals surface area contributed by atoms with Crippen LogP contribution < -0.4 is 0 Å². The van der Waals surface area contributed by atoms with Crippen molar-refractivity contribution in [2.75, 3.05) is 47.5 Å². The number of unbranched alkanes of at least 4 members (excludes halogenated alkanes) is 9. The van der Waals surface area contributed by atoms with Gasteiger partial charge in [-0.25, -0.2) is 4.79 Å². The number of ether oxygens (including phenoxy) is 4. The van der Waals surface area contributed by atoms with Crippen LogP contribution in [-0.4, -0.2) is 87.4 Å². The van der Waals surface area contributed by atoms with Gasteiger partial charge in [0.25, 0.3) is 6.29 Å². The molecule has 0 aromatic carbocycles. The lowest BCUT2D eigenvalue weighted by molar-refractivity contribution is -0.870. The summed E-state index contributed by atoms with van der Waals surface area (Å²) in [5, 5.41) is 9.72. The Hall–Kier alpha value is -5.61. The van der Waals surface area contributed by atoms with Gasteiger partial charge in [-0.2, -0.15) is 0 Å². The van der Waals surface area contributed by atoms with Crippen LogP contribution >= 0.6 is 0 Å². The van der Waals surface area contributed by atoms with Crippen molar-refractivity contribution in [3.63, 3.8) is 0 Å². The second-order valence-corrected chi connectivity index (χ2v) is 20.9. The van der Waals surface area contributed by atoms with Gasteiger partial charge in [0.05, 0.1) is 34.4 Å². The van der Waals surface area contributed by atoms with Crippen molar-refractivity contribution in [1.29, 1.82) is 0 Å². The van der Waals surface area contributed by atoms with Crippen molar-refractivity contribution in [2.45, 2.75) is 206 Å². The third-order valence-electron chi connectivity index (χ3n) is 12.2. The maximum absolute atomic E-state index is 12.9. The molecule has 81 heavy (non-hydrogen) atoms. The highest BCUT2D eigenvalue weighted by Crippen LogP contribution is 2.13. The van der Waals surface area contributed by atoms with E-state index in [0.29, 0.717) is 23.9 Å². The number of esters is 2. The zero-order valence-electron chi connectivity index (χ0n) is 51.4. The molecular formula is C72H112NO8+. The monoisotopic (exact) mass is 1120 g/mol. The number of carbonyl (C=O) groups excluding carboxylic acids is 2. The molecule has 2 atom stereocenters. The van der Waals surface area contributed by atoms with Crippen LogP contribution in [0.3, 0.4) is 0 Å². The first kappa shape index (κ1) is 75.4. The number of quaternary nitrogens is 1. The Balaban J connectivity index is 4.38. The molecule has 452 valence electrons. The Bertz CT molecular complexity index is 1980. The molecule has 0 radical (unpaired) electrons. The zero-order chi connectivity index (χ0) is 59.1. The van der Waals surface area contributed by atoms with Gasteiger partial charge in [-0.3, -0.25) is 9.59 Å². The molecule has 0 rings (SSSR count). The van der Waals surface area contributed by atoms with E-state index in [4.69, 9.17) is 18.9 Å². The molecular weight excluding hydrogens is 1010 g/mol. The lowest BCUT2D eigenvalue weighted by Gasteiger charge is -2.25. The van der Waals surface area contributed by atoms with Crippen molar-refractivity contribution in [1.82, 2.24) is 0 Å². The fourth-order valence-electron chi connectivity index (χ4n) is 7.48. The Morgan fingerprint density at radius 3 is 1.00 bits per heavy atom. The van der Waals surface area contributed by atoms with E-state index in [1.54, 1.807) is 0 Å². The van der Waals surface area contributed by atoms with E-state index in [2.05, 4.69) is 196 Å². The number of hydrogen-bond donors (Lipinski definition) is 1. The molecule has 0 spiro atoms. The number of likely N-dealkylation sites (N-methyl/N-ethyl adjacent to an activating group) is 1. The molecule has 0 aromatic heterocycles. The summed E-state index contributed by atoms with van der Waals surface area (Å²) in [6, 6.07) is 0. The maximum Gasteiger partial charge on any atom is 0.361 e. The fourth-order valence-corrected chi connectivity index (χ4v) is 7.48. The van der Waals surface area contributed by atoms with Crippen molar-refractivity contribution < 1.29 is 42.9 Å². The minimum atomic E-state index is -1.54. The lowest BCUT2D eigenvalue weighted by Crippen LogP contribution is -2.40. The Labute approximate surface area is 494 Å². The molecule has 0 aliphatic rings. The van der Waals surface area contributed by atoms with E-state index < -0.39 is 30.3 Å². The van der Waals surface area contributed by atoms with Crippen molar-refractivity contribution in [2.24, 2.45) is 0 Å². The van der Waals surface area contributed by atoms with Gasteiger partial charge in [0.1, 0.15) is 13.2 Å². The zero-order valence-corrected chi connectivity index (χ0v) is 51.4. The number of hydrogen-bond acceptors (Lipinski definition) is 7. The Morgan fingerprint density at radius 2 is 0.667 bits per heavy atom. The molecule has 0 saturated carbocycles. The van der Waals surface area contributed by atoms with E-state index in [1.807, 2.05) is 21.1 Å². The highest BCUT2D eigenvalue weighted by Gasteiger charge is 2.25. The highest BCUT2D eigenvalue weighted by molar-refractivity contribution is 5.71. The molecule has 0 bridgehead atoms. The van der Waals surface area contributed by atoms with E-state index in [0.717, 1.165) is 154 Å². The number of nitrogens with zero attached hydrogens (tertiary/aromatic N) is 1. The SMILES string of the molecule is CC/C=C\C/C=C\C/C=C\C/C=C\C/C=C\C/C=C\C/C=C\C/C=C\CCCCCCCCC(=O)OC(COC(=O)CCCCC/C=C\C/C=C\C/C=C\C/C=C\C/C=C\C/C=C\C/C=C\CC)COC(OCC[N+](C)(C)C)C(=O)O. The van der Waals surface area contributed by atoms with Gasteiger partial charge in [-0.05, 0) is 135 Å². The van der Waals surface area contributed by atoms with Gasteiger partial charge in [0.15, 0.2) is 6.10 Å². The smallest absolute Gasteiger partial charge is 0.361 e. The number of carboxylic acid groups (broad SMARTS) is 1. The molecule has 9 heteroatoms. The normalized spacial score (nSPS) is 14.0. The van der Waals surface area contributed by atoms with E-state index in [-0.39, 0.29) is 32.7 Å². The van der Waals surface area contributed by atoms with Crippen LogP contribution in [0.5, 0.6) is 0 Å². The Kier molecular flexibility index (Phi) is 56.3. The van der Waals surface area contributed by atoms with E-state index in [1.165, 1.54) is 0 Å². The third kappa shape index (κ3) is 61.9. The first-order valence-electron chi connectivity index (χ1n) is 30.9. The summed E-state index contributed by atoms with van der Waals surface area (Å²) in [4.78, 5) is 37.5. The molecule has 0 saturated heterocycles. The summed E-state index contributed by atoms with van der Waals surface area (Å²) in [5.74, 6) is -2.10. The summed E-state index contributed by atoms with van der Waals surface area (Å²) < 4.78 is 22.8. The first-order chi connectivity index (χ1) is 39.6. The van der Waals surface area contributed by atoms with Gasteiger partial charge in [-0.15, -0.1) is 0 Å². The summed E-state index contributed by atoms with van der Waals surface area (Å²) in [7, 11) is 5.94. The van der Waals surface area contributed by atoms with Gasteiger partial charge < -0.3 is 28.5 Å². The minimum Gasteiger partial charge on any atom is -0.477 e. The number of allylic oxidation sites excluding steroid dienone is 30. The van der Waals surface area contributed by atoms with Crippen LogP contribution in [-0.2, 0) is 33.3 Å². The molecule has 2 unspecified atom stereocenters. The molecule has 0 fully saturated rings. The number of carboxylic acids is 1. The van der Waals surface area contributed by atoms with Crippen LogP contribution in [0.25, 0.3) is 0 Å². The lowest BCUT2D eigenvalue weighted by atomic mass is 10.1. The largest absolute Gasteiger partial charge is 0.477 e. The second-order valence-electron chi connectivity index (χ2n) is 20.9. The third-order valence-corrected chi connectivity index (χ3v) is 12.2. The molecule has 0 amide bonds. The standard InChI is InChI=1S/C72H111NO8/c1-6-8-10-12-14-16-18-20-22-24-26-28-30-32-33-34-35-36-37-39-41-43-45-47-49-51-53-55-57-59-61-63-70(75)81-68(67-80-72(71(76)77)78-65-64-73(3,4)5)66-79-69(74)62-60-58-56-54-52-50-48-46-44-42-40-38-31-29-27-25-23-21-19-17-15-13-11-9-7-2/h8-11,14-17,20-23,26-29,32-33,35-36,38-41,44-47,50,52,68,72H,6-7,12-13,18-19,24-25,30-31,34,37,42-43,48-49,51,53-67H2,1-5H3/p+1/b10-8-,11-9-,16-14-,17-15-,22-20-,23-21-,28-26-,29-27-,33-32-,36-35-,40-38-,41-39-,46-44-,47-45-,52-50-. The maximum atomic E-state index is 12.9. The predicted octanol–water partition coefficient (Wildman–Crippen LogP) is 18.9.